The second-order valence-corrected chi connectivity index (χ2v) is 7.93. The maximum Gasteiger partial charge on any atom is 0.226 e. The average molecular weight is 342 g/mol. The predicted molar refractivity (Wildman–Crippen MR) is 93.8 cm³/mol. The molecule has 5 rings (SSSR count). The summed E-state index contributed by atoms with van der Waals surface area (Å²) in [4.78, 5) is 15.4. The minimum atomic E-state index is 0.142. The Kier molecular flexibility index (Phi) is 3.66. The molecule has 134 valence electrons. The Morgan fingerprint density at radius 3 is 2.92 bits per heavy atom. The number of amides is 1. The summed E-state index contributed by atoms with van der Waals surface area (Å²) < 4.78 is 11.6. The maximum absolute atomic E-state index is 13.3. The summed E-state index contributed by atoms with van der Waals surface area (Å²) in [6, 6.07) is 6.24. The van der Waals surface area contributed by atoms with E-state index in [4.69, 9.17) is 9.47 Å². The van der Waals surface area contributed by atoms with Gasteiger partial charge in [0.2, 0.25) is 5.91 Å². The second-order valence-electron chi connectivity index (χ2n) is 7.93. The smallest absolute Gasteiger partial charge is 0.226 e. The van der Waals surface area contributed by atoms with Crippen LogP contribution < -0.4 is 14.8 Å². The Hall–Kier alpha value is -1.75. The molecule has 5 nitrogen and oxygen atoms in total. The van der Waals surface area contributed by atoms with Gasteiger partial charge in [-0.3, -0.25) is 4.79 Å². The first kappa shape index (κ1) is 15.5. The van der Waals surface area contributed by atoms with E-state index >= 15 is 0 Å². The standard InChI is InChI=1S/C20H26N2O3/c23-19(15-13-20(15)6-8-21-9-7-20)22-10-2-4-16(22)14-3-1-5-17-18(14)25-12-11-24-17/h1,3,5,15-16,21H,2,4,6-13H2. The molecule has 3 fully saturated rings. The summed E-state index contributed by atoms with van der Waals surface area (Å²) in [7, 11) is 0. The number of para-hydroxylation sites is 1. The van der Waals surface area contributed by atoms with Gasteiger partial charge in [-0.05, 0) is 56.7 Å². The molecule has 2 atom stereocenters. The molecule has 3 heterocycles. The Morgan fingerprint density at radius 1 is 1.20 bits per heavy atom. The third-order valence-electron chi connectivity index (χ3n) is 6.58. The van der Waals surface area contributed by atoms with Gasteiger partial charge in [0.25, 0.3) is 0 Å². The molecule has 1 aromatic carbocycles. The van der Waals surface area contributed by atoms with Gasteiger partial charge in [0, 0.05) is 18.0 Å². The van der Waals surface area contributed by atoms with Crippen LogP contribution in [0.4, 0.5) is 0 Å². The first-order valence-electron chi connectivity index (χ1n) is 9.68. The molecule has 0 bridgehead atoms. The fourth-order valence-electron chi connectivity index (χ4n) is 5.09. The Labute approximate surface area is 148 Å². The van der Waals surface area contributed by atoms with E-state index < -0.39 is 0 Å². The quantitative estimate of drug-likeness (QED) is 0.897. The Bertz CT molecular complexity index is 684. The number of ether oxygens (including phenoxy) is 2. The molecule has 0 aromatic heterocycles. The van der Waals surface area contributed by atoms with Crippen molar-refractivity contribution in [3.05, 3.63) is 23.8 Å². The molecule has 1 amide bonds. The van der Waals surface area contributed by atoms with Crippen molar-refractivity contribution in [1.29, 1.82) is 0 Å². The zero-order valence-corrected chi connectivity index (χ0v) is 14.6. The molecular weight excluding hydrogens is 316 g/mol. The Balaban J connectivity index is 1.39. The zero-order chi connectivity index (χ0) is 16.9. The number of rotatable bonds is 2. The summed E-state index contributed by atoms with van der Waals surface area (Å²) in [5, 5.41) is 3.42. The van der Waals surface area contributed by atoms with Gasteiger partial charge >= 0.3 is 0 Å². The summed E-state index contributed by atoms with van der Waals surface area (Å²) in [6.45, 7) is 4.18. The highest BCUT2D eigenvalue weighted by Gasteiger charge is 2.59. The van der Waals surface area contributed by atoms with Crippen LogP contribution in [0.5, 0.6) is 11.5 Å². The van der Waals surface area contributed by atoms with E-state index in [9.17, 15) is 4.79 Å². The highest BCUT2D eigenvalue weighted by Crippen LogP contribution is 2.60. The molecule has 0 radical (unpaired) electrons. The number of carbonyl (C=O) groups excluding carboxylic acids is 1. The van der Waals surface area contributed by atoms with Gasteiger partial charge in [0.15, 0.2) is 11.5 Å². The van der Waals surface area contributed by atoms with Crippen molar-refractivity contribution in [2.24, 2.45) is 11.3 Å². The fourth-order valence-corrected chi connectivity index (χ4v) is 5.09. The van der Waals surface area contributed by atoms with E-state index in [0.717, 1.165) is 68.8 Å². The summed E-state index contributed by atoms with van der Waals surface area (Å²) >= 11 is 0. The van der Waals surface area contributed by atoms with Crippen molar-refractivity contribution < 1.29 is 14.3 Å². The number of fused-ring (bicyclic) bond motifs is 1. The number of carbonyl (C=O) groups is 1. The molecule has 2 saturated heterocycles. The van der Waals surface area contributed by atoms with E-state index in [2.05, 4.69) is 16.3 Å². The van der Waals surface area contributed by atoms with E-state index in [1.54, 1.807) is 0 Å². The van der Waals surface area contributed by atoms with Gasteiger partial charge in [0.05, 0.1) is 6.04 Å². The van der Waals surface area contributed by atoms with Crippen molar-refractivity contribution in [3.63, 3.8) is 0 Å². The van der Waals surface area contributed by atoms with Crippen LogP contribution in [0.15, 0.2) is 18.2 Å². The SMILES string of the molecule is O=C(C1CC12CCNCC2)N1CCCC1c1cccc2c1OCCO2. The summed E-state index contributed by atoms with van der Waals surface area (Å²) in [6.07, 6.45) is 5.48. The van der Waals surface area contributed by atoms with Crippen LogP contribution in [0, 0.1) is 11.3 Å². The van der Waals surface area contributed by atoms with Crippen molar-refractivity contribution in [2.75, 3.05) is 32.8 Å². The third-order valence-corrected chi connectivity index (χ3v) is 6.58. The van der Waals surface area contributed by atoms with Gasteiger partial charge in [-0.15, -0.1) is 0 Å². The van der Waals surface area contributed by atoms with Gasteiger partial charge in [-0.1, -0.05) is 12.1 Å². The van der Waals surface area contributed by atoms with Crippen LogP contribution in [0.3, 0.4) is 0 Å². The first-order chi connectivity index (χ1) is 12.3. The largest absolute Gasteiger partial charge is 0.486 e. The van der Waals surface area contributed by atoms with Crippen molar-refractivity contribution >= 4 is 5.91 Å². The van der Waals surface area contributed by atoms with E-state index in [-0.39, 0.29) is 12.0 Å². The van der Waals surface area contributed by atoms with Gasteiger partial charge < -0.3 is 19.7 Å². The molecule has 1 saturated carbocycles. The van der Waals surface area contributed by atoms with Gasteiger partial charge in [-0.25, -0.2) is 0 Å². The topological polar surface area (TPSA) is 50.8 Å². The molecule has 1 spiro atoms. The molecule has 1 N–H and O–H groups in total. The van der Waals surface area contributed by atoms with E-state index in [1.165, 1.54) is 0 Å². The van der Waals surface area contributed by atoms with Crippen molar-refractivity contribution in [1.82, 2.24) is 10.2 Å². The molecule has 2 unspecified atom stereocenters. The van der Waals surface area contributed by atoms with E-state index in [0.29, 0.717) is 24.5 Å². The van der Waals surface area contributed by atoms with Crippen molar-refractivity contribution in [3.8, 4) is 11.5 Å². The number of hydrogen-bond donors (Lipinski definition) is 1. The number of nitrogens with zero attached hydrogens (tertiary/aromatic N) is 1. The van der Waals surface area contributed by atoms with Crippen molar-refractivity contribution in [2.45, 2.75) is 38.1 Å². The second kappa shape index (κ2) is 5.90. The maximum atomic E-state index is 13.3. The molecule has 1 aromatic rings. The molecule has 3 aliphatic heterocycles. The number of hydrogen-bond acceptors (Lipinski definition) is 4. The Morgan fingerprint density at radius 2 is 2.04 bits per heavy atom. The lowest BCUT2D eigenvalue weighted by molar-refractivity contribution is -0.134. The lowest BCUT2D eigenvalue weighted by Crippen LogP contribution is -2.36. The monoisotopic (exact) mass is 342 g/mol. The number of piperidine rings is 1. The molecule has 1 aliphatic carbocycles. The minimum absolute atomic E-state index is 0.142. The molecule has 5 heteroatoms. The minimum Gasteiger partial charge on any atom is -0.486 e. The average Bonchev–Trinajstić information content (AvgIpc) is 3.13. The lowest BCUT2D eigenvalue weighted by atomic mass is 9.91. The lowest BCUT2D eigenvalue weighted by Gasteiger charge is -2.30. The zero-order valence-electron chi connectivity index (χ0n) is 14.6. The van der Waals surface area contributed by atoms with Crippen LogP contribution in [0.2, 0.25) is 0 Å². The van der Waals surface area contributed by atoms with Crippen LogP contribution in [-0.4, -0.2) is 43.7 Å². The predicted octanol–water partition coefficient (Wildman–Crippen LogP) is 2.51. The van der Waals surface area contributed by atoms with Crippen LogP contribution in [-0.2, 0) is 4.79 Å². The van der Waals surface area contributed by atoms with E-state index in [1.807, 2.05) is 12.1 Å². The fraction of sp³-hybridized carbons (Fsp3) is 0.650. The molecule has 4 aliphatic rings. The normalized spacial score (nSPS) is 29.7. The molecular formula is C20H26N2O3. The number of nitrogens with one attached hydrogen (secondary N) is 1. The highest BCUT2D eigenvalue weighted by molar-refractivity contribution is 5.83. The van der Waals surface area contributed by atoms with Crippen LogP contribution in [0.25, 0.3) is 0 Å². The van der Waals surface area contributed by atoms with Gasteiger partial charge in [0.1, 0.15) is 13.2 Å². The highest BCUT2D eigenvalue weighted by atomic mass is 16.6. The molecule has 25 heavy (non-hydrogen) atoms. The number of benzene rings is 1. The summed E-state index contributed by atoms with van der Waals surface area (Å²) in [5.41, 5.74) is 1.42. The summed E-state index contributed by atoms with van der Waals surface area (Å²) in [5.74, 6) is 2.29. The van der Waals surface area contributed by atoms with Gasteiger partial charge in [-0.2, -0.15) is 0 Å². The number of likely N-dealkylation sites (tertiary alicyclic amines) is 1. The third kappa shape index (κ3) is 2.51. The van der Waals surface area contributed by atoms with Crippen LogP contribution >= 0.6 is 0 Å². The first-order valence-corrected chi connectivity index (χ1v) is 9.68. The van der Waals surface area contributed by atoms with Crippen LogP contribution in [0.1, 0.15) is 43.7 Å².